The number of anilines is 1. The van der Waals surface area contributed by atoms with Crippen molar-refractivity contribution in [3.8, 4) is 0 Å². The van der Waals surface area contributed by atoms with Crippen LogP contribution < -0.4 is 5.32 Å². The number of benzene rings is 1. The molecular formula is C15H19NOS. The van der Waals surface area contributed by atoms with Gasteiger partial charge in [0.2, 0.25) is 0 Å². The van der Waals surface area contributed by atoms with Gasteiger partial charge in [0.1, 0.15) is 11.5 Å². The van der Waals surface area contributed by atoms with Gasteiger partial charge in [-0.05, 0) is 42.5 Å². The summed E-state index contributed by atoms with van der Waals surface area (Å²) >= 11 is 1.77. The van der Waals surface area contributed by atoms with Gasteiger partial charge in [0.05, 0.1) is 12.3 Å². The Kier molecular flexibility index (Phi) is 4.76. The standard InChI is InChI=1S/C15H19NOS/c1-3-12-5-4-6-13(9-12)16-10-14-7-8-15(17-14)11-18-2/h4-9,16H,3,10-11H2,1-2H3. The molecule has 0 saturated carbocycles. The highest BCUT2D eigenvalue weighted by atomic mass is 32.2. The van der Waals surface area contributed by atoms with Gasteiger partial charge in [-0.25, -0.2) is 0 Å². The Balaban J connectivity index is 1.93. The highest BCUT2D eigenvalue weighted by molar-refractivity contribution is 7.97. The van der Waals surface area contributed by atoms with Gasteiger partial charge in [-0.3, -0.25) is 0 Å². The first-order valence-electron chi connectivity index (χ1n) is 6.21. The maximum Gasteiger partial charge on any atom is 0.123 e. The minimum atomic E-state index is 0.738. The normalized spacial score (nSPS) is 10.6. The summed E-state index contributed by atoms with van der Waals surface area (Å²) in [5.74, 6) is 2.97. The average molecular weight is 261 g/mol. The minimum absolute atomic E-state index is 0.738. The monoisotopic (exact) mass is 261 g/mol. The number of hydrogen-bond donors (Lipinski definition) is 1. The molecule has 0 unspecified atom stereocenters. The molecular weight excluding hydrogens is 242 g/mol. The number of thioether (sulfide) groups is 1. The van der Waals surface area contributed by atoms with Crippen LogP contribution in [0.1, 0.15) is 24.0 Å². The summed E-state index contributed by atoms with van der Waals surface area (Å²) in [4.78, 5) is 0. The maximum absolute atomic E-state index is 5.72. The van der Waals surface area contributed by atoms with Gasteiger partial charge in [-0.2, -0.15) is 11.8 Å². The predicted octanol–water partition coefficient (Wildman–Crippen LogP) is 4.32. The minimum Gasteiger partial charge on any atom is -0.463 e. The molecule has 18 heavy (non-hydrogen) atoms. The number of hydrogen-bond acceptors (Lipinski definition) is 3. The van der Waals surface area contributed by atoms with Crippen LogP contribution in [0.5, 0.6) is 0 Å². The molecule has 0 aliphatic rings. The van der Waals surface area contributed by atoms with E-state index in [2.05, 4.69) is 48.8 Å². The van der Waals surface area contributed by atoms with E-state index >= 15 is 0 Å². The van der Waals surface area contributed by atoms with Gasteiger partial charge in [0, 0.05) is 5.69 Å². The van der Waals surface area contributed by atoms with Gasteiger partial charge in [-0.15, -0.1) is 0 Å². The summed E-state index contributed by atoms with van der Waals surface area (Å²) in [6.07, 6.45) is 3.14. The number of aryl methyl sites for hydroxylation is 1. The van der Waals surface area contributed by atoms with Crippen molar-refractivity contribution in [2.75, 3.05) is 11.6 Å². The lowest BCUT2D eigenvalue weighted by atomic mass is 10.1. The Hall–Kier alpha value is -1.35. The van der Waals surface area contributed by atoms with Crippen molar-refractivity contribution in [3.05, 3.63) is 53.5 Å². The van der Waals surface area contributed by atoms with E-state index in [0.717, 1.165) is 35.9 Å². The largest absolute Gasteiger partial charge is 0.463 e. The van der Waals surface area contributed by atoms with Crippen molar-refractivity contribution in [3.63, 3.8) is 0 Å². The third-order valence-corrected chi connectivity index (χ3v) is 3.38. The van der Waals surface area contributed by atoms with Crippen LogP contribution in [0.4, 0.5) is 5.69 Å². The molecule has 96 valence electrons. The molecule has 2 rings (SSSR count). The van der Waals surface area contributed by atoms with Crippen LogP contribution in [0.15, 0.2) is 40.8 Å². The molecule has 2 nitrogen and oxygen atoms in total. The lowest BCUT2D eigenvalue weighted by Gasteiger charge is -2.06. The van der Waals surface area contributed by atoms with Crippen LogP contribution in [-0.2, 0) is 18.7 Å². The van der Waals surface area contributed by atoms with Crippen molar-refractivity contribution in [2.24, 2.45) is 0 Å². The fourth-order valence-corrected chi connectivity index (χ4v) is 2.27. The summed E-state index contributed by atoms with van der Waals surface area (Å²) in [6, 6.07) is 12.6. The van der Waals surface area contributed by atoms with Crippen LogP contribution in [0.2, 0.25) is 0 Å². The molecule has 0 aliphatic carbocycles. The molecule has 0 saturated heterocycles. The zero-order valence-electron chi connectivity index (χ0n) is 10.9. The van der Waals surface area contributed by atoms with Gasteiger partial charge < -0.3 is 9.73 Å². The van der Waals surface area contributed by atoms with Crippen molar-refractivity contribution in [1.82, 2.24) is 0 Å². The van der Waals surface area contributed by atoms with Crippen molar-refractivity contribution in [1.29, 1.82) is 0 Å². The molecule has 0 bridgehead atoms. The van der Waals surface area contributed by atoms with Crippen LogP contribution in [-0.4, -0.2) is 6.26 Å². The lowest BCUT2D eigenvalue weighted by molar-refractivity contribution is 0.487. The van der Waals surface area contributed by atoms with Crippen LogP contribution >= 0.6 is 11.8 Å². The van der Waals surface area contributed by atoms with Crippen molar-refractivity contribution in [2.45, 2.75) is 25.6 Å². The quantitative estimate of drug-likeness (QED) is 0.838. The van der Waals surface area contributed by atoms with E-state index in [1.54, 1.807) is 11.8 Å². The Morgan fingerprint density at radius 2 is 2.00 bits per heavy atom. The maximum atomic E-state index is 5.72. The van der Waals surface area contributed by atoms with E-state index in [-0.39, 0.29) is 0 Å². The molecule has 1 N–H and O–H groups in total. The molecule has 0 amide bonds. The Labute approximate surface area is 113 Å². The van der Waals surface area contributed by atoms with E-state index in [4.69, 9.17) is 4.42 Å². The fraction of sp³-hybridized carbons (Fsp3) is 0.333. The third-order valence-electron chi connectivity index (χ3n) is 2.81. The molecule has 1 aromatic carbocycles. The highest BCUT2D eigenvalue weighted by Gasteiger charge is 2.01. The Bertz CT molecular complexity index is 493. The summed E-state index contributed by atoms with van der Waals surface area (Å²) in [5.41, 5.74) is 2.50. The summed E-state index contributed by atoms with van der Waals surface area (Å²) < 4.78 is 5.72. The number of furan rings is 1. The first-order valence-corrected chi connectivity index (χ1v) is 7.60. The van der Waals surface area contributed by atoms with E-state index in [1.165, 1.54) is 5.56 Å². The molecule has 0 aliphatic heterocycles. The second-order valence-corrected chi connectivity index (χ2v) is 5.07. The SMILES string of the molecule is CCc1cccc(NCc2ccc(CSC)o2)c1. The molecule has 1 heterocycles. The lowest BCUT2D eigenvalue weighted by Crippen LogP contribution is -1.98. The van der Waals surface area contributed by atoms with Crippen molar-refractivity contribution < 1.29 is 4.42 Å². The summed E-state index contributed by atoms with van der Waals surface area (Å²) in [7, 11) is 0. The summed E-state index contributed by atoms with van der Waals surface area (Å²) in [5, 5.41) is 3.39. The second kappa shape index (κ2) is 6.55. The summed E-state index contributed by atoms with van der Waals surface area (Å²) in [6.45, 7) is 2.90. The van der Waals surface area contributed by atoms with Gasteiger partial charge in [0.15, 0.2) is 0 Å². The van der Waals surface area contributed by atoms with Gasteiger partial charge in [0.25, 0.3) is 0 Å². The predicted molar refractivity (Wildman–Crippen MR) is 79.1 cm³/mol. The third kappa shape index (κ3) is 3.57. The molecule has 1 aromatic heterocycles. The molecule has 0 fully saturated rings. The van der Waals surface area contributed by atoms with Gasteiger partial charge >= 0.3 is 0 Å². The highest BCUT2D eigenvalue weighted by Crippen LogP contribution is 2.16. The first kappa shape index (κ1) is 13.1. The molecule has 3 heteroatoms. The number of nitrogens with one attached hydrogen (secondary N) is 1. The molecule has 0 spiro atoms. The fourth-order valence-electron chi connectivity index (χ4n) is 1.83. The van der Waals surface area contributed by atoms with Gasteiger partial charge in [-0.1, -0.05) is 19.1 Å². The zero-order valence-corrected chi connectivity index (χ0v) is 11.7. The van der Waals surface area contributed by atoms with E-state index < -0.39 is 0 Å². The van der Waals surface area contributed by atoms with Crippen molar-refractivity contribution >= 4 is 17.4 Å². The smallest absolute Gasteiger partial charge is 0.123 e. The Morgan fingerprint density at radius 1 is 1.17 bits per heavy atom. The van der Waals surface area contributed by atoms with Crippen LogP contribution in [0.3, 0.4) is 0 Å². The topological polar surface area (TPSA) is 25.2 Å². The zero-order chi connectivity index (χ0) is 12.8. The van der Waals surface area contributed by atoms with E-state index in [9.17, 15) is 0 Å². The first-order chi connectivity index (χ1) is 8.81. The molecule has 0 radical (unpaired) electrons. The second-order valence-electron chi connectivity index (χ2n) is 4.21. The van der Waals surface area contributed by atoms with E-state index in [0.29, 0.717) is 0 Å². The number of rotatable bonds is 6. The average Bonchev–Trinajstić information content (AvgIpc) is 2.85. The van der Waals surface area contributed by atoms with E-state index in [1.807, 2.05) is 6.07 Å². The van der Waals surface area contributed by atoms with Crippen LogP contribution in [0.25, 0.3) is 0 Å². The molecule has 2 aromatic rings. The molecule has 0 atom stereocenters. The Morgan fingerprint density at radius 3 is 2.78 bits per heavy atom. The van der Waals surface area contributed by atoms with Crippen LogP contribution in [0, 0.1) is 0 Å².